The SMILES string of the molecule is CC(=O)Oc1ccc2c(=O)cc(C3C=CC=C3)oc2c1. The summed E-state index contributed by atoms with van der Waals surface area (Å²) in [7, 11) is 0. The molecule has 20 heavy (non-hydrogen) atoms. The molecule has 0 N–H and O–H groups in total. The van der Waals surface area contributed by atoms with Crippen molar-refractivity contribution in [2.75, 3.05) is 0 Å². The number of rotatable bonds is 2. The number of hydrogen-bond acceptors (Lipinski definition) is 4. The summed E-state index contributed by atoms with van der Waals surface area (Å²) in [5, 5.41) is 0.468. The number of allylic oxidation sites excluding steroid dienone is 4. The van der Waals surface area contributed by atoms with Crippen molar-refractivity contribution in [3.8, 4) is 5.75 Å². The minimum atomic E-state index is -0.412. The van der Waals surface area contributed by atoms with Crippen molar-refractivity contribution in [1.82, 2.24) is 0 Å². The van der Waals surface area contributed by atoms with E-state index in [-0.39, 0.29) is 11.3 Å². The fraction of sp³-hybridized carbons (Fsp3) is 0.125. The van der Waals surface area contributed by atoms with Crippen molar-refractivity contribution in [1.29, 1.82) is 0 Å². The molecule has 0 spiro atoms. The maximum absolute atomic E-state index is 12.1. The van der Waals surface area contributed by atoms with Crippen LogP contribution in [0.4, 0.5) is 0 Å². The zero-order chi connectivity index (χ0) is 14.1. The Balaban J connectivity index is 2.12. The van der Waals surface area contributed by atoms with E-state index in [2.05, 4.69) is 0 Å². The lowest BCUT2D eigenvalue weighted by Crippen LogP contribution is -2.05. The first kappa shape index (κ1) is 12.4. The minimum absolute atomic E-state index is 0.0236. The van der Waals surface area contributed by atoms with E-state index >= 15 is 0 Å². The molecule has 0 saturated heterocycles. The highest BCUT2D eigenvalue weighted by atomic mass is 16.5. The van der Waals surface area contributed by atoms with Gasteiger partial charge in [0.25, 0.3) is 0 Å². The summed E-state index contributed by atoms with van der Waals surface area (Å²) in [6.45, 7) is 1.32. The average molecular weight is 268 g/mol. The van der Waals surface area contributed by atoms with Crippen molar-refractivity contribution in [3.63, 3.8) is 0 Å². The second-order valence-corrected chi connectivity index (χ2v) is 4.56. The Morgan fingerprint density at radius 3 is 2.65 bits per heavy atom. The van der Waals surface area contributed by atoms with E-state index in [4.69, 9.17) is 9.15 Å². The maximum Gasteiger partial charge on any atom is 0.308 e. The standard InChI is InChI=1S/C16H12O4/c1-10(17)19-12-6-7-13-14(18)9-15(20-16(13)8-12)11-4-2-3-5-11/h2-9,11H,1H3. The Hall–Kier alpha value is -2.62. The Bertz CT molecular complexity index is 784. The van der Waals surface area contributed by atoms with Crippen LogP contribution in [-0.4, -0.2) is 5.97 Å². The molecule has 100 valence electrons. The normalized spacial score (nSPS) is 14.1. The summed E-state index contributed by atoms with van der Waals surface area (Å²) in [5.74, 6) is 0.504. The van der Waals surface area contributed by atoms with Gasteiger partial charge in [0, 0.05) is 19.1 Å². The first-order valence-corrected chi connectivity index (χ1v) is 6.25. The van der Waals surface area contributed by atoms with Crippen molar-refractivity contribution in [2.45, 2.75) is 12.8 Å². The molecule has 4 nitrogen and oxygen atoms in total. The maximum atomic E-state index is 12.1. The largest absolute Gasteiger partial charge is 0.460 e. The van der Waals surface area contributed by atoms with Crippen molar-refractivity contribution in [2.24, 2.45) is 0 Å². The highest BCUT2D eigenvalue weighted by Gasteiger charge is 2.13. The van der Waals surface area contributed by atoms with E-state index in [0.29, 0.717) is 22.5 Å². The monoisotopic (exact) mass is 268 g/mol. The molecule has 1 heterocycles. The number of carbonyl (C=O) groups is 1. The molecule has 0 atom stereocenters. The number of esters is 1. The summed E-state index contributed by atoms with van der Waals surface area (Å²) < 4.78 is 10.8. The average Bonchev–Trinajstić information content (AvgIpc) is 2.91. The summed E-state index contributed by atoms with van der Waals surface area (Å²) in [4.78, 5) is 23.0. The van der Waals surface area contributed by atoms with E-state index in [1.54, 1.807) is 18.2 Å². The third kappa shape index (κ3) is 2.28. The predicted molar refractivity (Wildman–Crippen MR) is 74.8 cm³/mol. The van der Waals surface area contributed by atoms with Crippen molar-refractivity contribution >= 4 is 16.9 Å². The van der Waals surface area contributed by atoms with Gasteiger partial charge in [0.2, 0.25) is 0 Å². The van der Waals surface area contributed by atoms with Gasteiger partial charge in [0.1, 0.15) is 17.1 Å². The highest BCUT2D eigenvalue weighted by molar-refractivity contribution is 5.79. The molecule has 1 aliphatic rings. The number of benzene rings is 1. The van der Waals surface area contributed by atoms with Crippen LogP contribution in [-0.2, 0) is 4.79 Å². The van der Waals surface area contributed by atoms with E-state index in [9.17, 15) is 9.59 Å². The van der Waals surface area contributed by atoms with Gasteiger partial charge in [0.05, 0.1) is 11.3 Å². The van der Waals surface area contributed by atoms with Gasteiger partial charge in [-0.1, -0.05) is 24.3 Å². The molecule has 0 saturated carbocycles. The zero-order valence-corrected chi connectivity index (χ0v) is 10.8. The molecule has 1 aromatic carbocycles. The molecule has 0 unspecified atom stereocenters. The predicted octanol–water partition coefficient (Wildman–Crippen LogP) is 2.93. The van der Waals surface area contributed by atoms with E-state index in [0.717, 1.165) is 0 Å². The van der Waals surface area contributed by atoms with Gasteiger partial charge in [-0.2, -0.15) is 0 Å². The molecule has 4 heteroatoms. The number of ether oxygens (including phenoxy) is 1. The third-order valence-electron chi connectivity index (χ3n) is 3.06. The van der Waals surface area contributed by atoms with Crippen LogP contribution in [0.1, 0.15) is 18.6 Å². The second kappa shape index (κ2) is 4.81. The van der Waals surface area contributed by atoms with Crippen LogP contribution >= 0.6 is 0 Å². The van der Waals surface area contributed by atoms with Crippen LogP contribution in [0.5, 0.6) is 5.75 Å². The van der Waals surface area contributed by atoms with E-state index in [1.807, 2.05) is 24.3 Å². The molecule has 1 aliphatic carbocycles. The van der Waals surface area contributed by atoms with Gasteiger partial charge in [-0.05, 0) is 12.1 Å². The van der Waals surface area contributed by atoms with E-state index < -0.39 is 5.97 Å². The fourth-order valence-corrected chi connectivity index (χ4v) is 2.17. The van der Waals surface area contributed by atoms with Crippen LogP contribution in [0.3, 0.4) is 0 Å². The first-order chi connectivity index (χ1) is 9.63. The highest BCUT2D eigenvalue weighted by Crippen LogP contribution is 2.26. The smallest absolute Gasteiger partial charge is 0.308 e. The van der Waals surface area contributed by atoms with Crippen LogP contribution < -0.4 is 10.2 Å². The molecule has 0 fully saturated rings. The lowest BCUT2D eigenvalue weighted by molar-refractivity contribution is -0.131. The van der Waals surface area contributed by atoms with Crippen LogP contribution in [0.25, 0.3) is 11.0 Å². The molecule has 2 aromatic rings. The zero-order valence-electron chi connectivity index (χ0n) is 10.8. The van der Waals surface area contributed by atoms with Gasteiger partial charge < -0.3 is 9.15 Å². The Morgan fingerprint density at radius 2 is 1.95 bits per heavy atom. The molecule has 0 amide bonds. The Kier molecular flexibility index (Phi) is 2.99. The molecular weight excluding hydrogens is 256 g/mol. The topological polar surface area (TPSA) is 56.5 Å². The minimum Gasteiger partial charge on any atom is -0.460 e. The summed E-state index contributed by atoms with van der Waals surface area (Å²) in [6.07, 6.45) is 7.70. The van der Waals surface area contributed by atoms with Crippen LogP contribution in [0, 0.1) is 0 Å². The second-order valence-electron chi connectivity index (χ2n) is 4.56. The summed E-state index contributed by atoms with van der Waals surface area (Å²) in [5.41, 5.74) is 0.310. The Morgan fingerprint density at radius 1 is 1.20 bits per heavy atom. The molecule has 0 bridgehead atoms. The Labute approximate surface area is 115 Å². The quantitative estimate of drug-likeness (QED) is 0.620. The van der Waals surface area contributed by atoms with Gasteiger partial charge in [-0.15, -0.1) is 0 Å². The molecule has 0 radical (unpaired) electrons. The third-order valence-corrected chi connectivity index (χ3v) is 3.06. The molecule has 1 aromatic heterocycles. The molecule has 3 rings (SSSR count). The molecule has 0 aliphatic heterocycles. The fourth-order valence-electron chi connectivity index (χ4n) is 2.17. The first-order valence-electron chi connectivity index (χ1n) is 6.25. The van der Waals surface area contributed by atoms with Crippen LogP contribution in [0.2, 0.25) is 0 Å². The van der Waals surface area contributed by atoms with Gasteiger partial charge in [-0.3, -0.25) is 9.59 Å². The number of carbonyl (C=O) groups excluding carboxylic acids is 1. The number of hydrogen-bond donors (Lipinski definition) is 0. The van der Waals surface area contributed by atoms with E-state index in [1.165, 1.54) is 13.0 Å². The van der Waals surface area contributed by atoms with Gasteiger partial charge >= 0.3 is 5.97 Å². The van der Waals surface area contributed by atoms with Crippen LogP contribution in [0.15, 0.2) is 57.8 Å². The lowest BCUT2D eigenvalue weighted by atomic mass is 10.1. The van der Waals surface area contributed by atoms with Gasteiger partial charge in [-0.25, -0.2) is 0 Å². The summed E-state index contributed by atoms with van der Waals surface area (Å²) >= 11 is 0. The lowest BCUT2D eigenvalue weighted by Gasteiger charge is -2.07. The van der Waals surface area contributed by atoms with Crippen molar-refractivity contribution in [3.05, 3.63) is 64.6 Å². The molecular formula is C16H12O4. The van der Waals surface area contributed by atoms with Crippen molar-refractivity contribution < 1.29 is 13.9 Å². The summed E-state index contributed by atoms with van der Waals surface area (Å²) in [6, 6.07) is 6.24. The van der Waals surface area contributed by atoms with Gasteiger partial charge in [0.15, 0.2) is 5.43 Å². The number of fused-ring (bicyclic) bond motifs is 1.